The van der Waals surface area contributed by atoms with Gasteiger partial charge < -0.3 is 2.85 Å². The first-order valence-corrected chi connectivity index (χ1v) is 3.19. The summed E-state index contributed by atoms with van der Waals surface area (Å²) in [5.41, 5.74) is 0. The standard InChI is InChI=1S/K.Na.2H2O3S.2H/c;;2*1-4(2)3;;/h;;2*(H2,1,2,3);;/q2*+1;;;2*-1. The molecule has 0 aliphatic heterocycles. The van der Waals surface area contributed by atoms with Crippen LogP contribution in [0.3, 0.4) is 0 Å². The fraction of sp³-hybridized carbons (Fsp3) is 0. The fourth-order valence-electron chi connectivity index (χ4n) is 0. The van der Waals surface area contributed by atoms with Gasteiger partial charge in [0.2, 0.25) is 0 Å². The third-order valence-electron chi connectivity index (χ3n) is 0. The molecule has 0 radical (unpaired) electrons. The van der Waals surface area contributed by atoms with Gasteiger partial charge in [-0.2, -0.15) is 8.42 Å². The van der Waals surface area contributed by atoms with Crippen LogP contribution in [-0.4, -0.2) is 26.6 Å². The van der Waals surface area contributed by atoms with E-state index in [-0.39, 0.29) is 83.8 Å². The van der Waals surface area contributed by atoms with E-state index in [4.69, 9.17) is 26.6 Å². The van der Waals surface area contributed by atoms with Crippen molar-refractivity contribution in [2.75, 3.05) is 0 Å². The van der Waals surface area contributed by atoms with Gasteiger partial charge in [-0.1, -0.05) is 0 Å². The molecule has 0 saturated heterocycles. The minimum atomic E-state index is -2.61. The molecule has 0 aromatic rings. The van der Waals surface area contributed by atoms with Crippen molar-refractivity contribution in [3.05, 3.63) is 0 Å². The van der Waals surface area contributed by atoms with E-state index in [1.54, 1.807) is 0 Å². The van der Waals surface area contributed by atoms with Crippen molar-refractivity contribution >= 4 is 22.7 Å². The quantitative estimate of drug-likeness (QED) is 0.242. The van der Waals surface area contributed by atoms with Crippen LogP contribution in [0.25, 0.3) is 0 Å². The normalized spacial score (nSPS) is 7.00. The zero-order valence-electron chi connectivity index (χ0n) is 7.42. The Morgan fingerprint density at radius 3 is 0.900 bits per heavy atom. The van der Waals surface area contributed by atoms with Crippen LogP contribution >= 0.6 is 0 Å². The van der Waals surface area contributed by atoms with Crippen LogP contribution in [0.2, 0.25) is 0 Å². The number of hydrogen-bond acceptors (Lipinski definition) is 2. The summed E-state index contributed by atoms with van der Waals surface area (Å²) in [4.78, 5) is 0. The molecule has 0 spiro atoms. The van der Waals surface area contributed by atoms with Crippen LogP contribution in [0, 0.1) is 0 Å². The van der Waals surface area contributed by atoms with Crippen LogP contribution in [0.5, 0.6) is 0 Å². The molecule has 0 unspecified atom stereocenters. The first-order chi connectivity index (χ1) is 3.46. The first kappa shape index (κ1) is 23.0. The molecule has 10 heteroatoms. The zero-order valence-corrected chi connectivity index (χ0v) is 12.2. The van der Waals surface area contributed by atoms with Crippen molar-refractivity contribution in [2.45, 2.75) is 0 Å². The molecule has 56 valence electrons. The Labute approximate surface area is 130 Å². The van der Waals surface area contributed by atoms with E-state index in [9.17, 15) is 0 Å². The fourth-order valence-corrected chi connectivity index (χ4v) is 0. The first-order valence-electron chi connectivity index (χ1n) is 1.06. The molecule has 0 fully saturated rings. The maximum atomic E-state index is 8.67. The number of rotatable bonds is 0. The minimum Gasteiger partial charge on any atom is -1.00 e. The Morgan fingerprint density at radius 1 is 0.900 bits per heavy atom. The topological polar surface area (TPSA) is 115 Å². The Hall–Kier alpha value is 2.78. The van der Waals surface area contributed by atoms with E-state index in [1.807, 2.05) is 0 Å². The molecule has 0 aromatic heterocycles. The van der Waals surface area contributed by atoms with Gasteiger partial charge in [0, 0.05) is 0 Å². The van der Waals surface area contributed by atoms with Gasteiger partial charge in [0.05, 0.1) is 0 Å². The van der Waals surface area contributed by atoms with Crippen LogP contribution in [-0.2, 0) is 22.7 Å². The number of hydrogen-bond donors (Lipinski definition) is 4. The maximum absolute atomic E-state index is 8.67. The van der Waals surface area contributed by atoms with Crippen LogP contribution in [0.15, 0.2) is 0 Å². The summed E-state index contributed by atoms with van der Waals surface area (Å²) in [6, 6.07) is 0. The van der Waals surface area contributed by atoms with Gasteiger partial charge in [0.15, 0.2) is 0 Å². The molecule has 0 heterocycles. The molecule has 0 atom stereocenters. The van der Waals surface area contributed by atoms with Gasteiger partial charge >= 0.3 is 80.9 Å². The Bertz CT molecular complexity index is 81.5. The van der Waals surface area contributed by atoms with E-state index >= 15 is 0 Å². The van der Waals surface area contributed by atoms with E-state index in [2.05, 4.69) is 0 Å². The van der Waals surface area contributed by atoms with Crippen molar-refractivity contribution < 1.29 is 110 Å². The molecular formula is H6KNaO6S2. The molecule has 0 amide bonds. The average Bonchev–Trinajstić information content (AvgIpc) is 1.25. The predicted molar refractivity (Wildman–Crippen MR) is 29.0 cm³/mol. The van der Waals surface area contributed by atoms with Crippen molar-refractivity contribution in [3.63, 3.8) is 0 Å². The van der Waals surface area contributed by atoms with E-state index in [0.29, 0.717) is 0 Å². The third-order valence-corrected chi connectivity index (χ3v) is 0. The monoisotopic (exact) mass is 228 g/mol. The Balaban J connectivity index is -0.0000000112. The van der Waals surface area contributed by atoms with Crippen molar-refractivity contribution in [1.82, 2.24) is 0 Å². The molecule has 0 aliphatic rings. The summed E-state index contributed by atoms with van der Waals surface area (Å²) in [5.74, 6) is 0. The maximum Gasteiger partial charge on any atom is 1.00 e. The summed E-state index contributed by atoms with van der Waals surface area (Å²) in [6.45, 7) is 0. The Morgan fingerprint density at radius 2 is 0.900 bits per heavy atom. The van der Waals surface area contributed by atoms with Crippen LogP contribution in [0.4, 0.5) is 0 Å². The zero-order chi connectivity index (χ0) is 7.15. The van der Waals surface area contributed by atoms with E-state index in [1.165, 1.54) is 0 Å². The third kappa shape index (κ3) is 134. The average molecular weight is 228 g/mol. The molecule has 0 aromatic carbocycles. The summed E-state index contributed by atoms with van der Waals surface area (Å²) >= 11 is -5.22. The van der Waals surface area contributed by atoms with Gasteiger partial charge in [0.25, 0.3) is 22.7 Å². The molecule has 0 bridgehead atoms. The predicted octanol–water partition coefficient (Wildman–Crippen LogP) is -6.40. The van der Waals surface area contributed by atoms with Crippen molar-refractivity contribution in [1.29, 1.82) is 0 Å². The summed E-state index contributed by atoms with van der Waals surface area (Å²) in [5, 5.41) is 0. The minimum absolute atomic E-state index is 0. The summed E-state index contributed by atoms with van der Waals surface area (Å²) in [7, 11) is 0. The second kappa shape index (κ2) is 17.8. The van der Waals surface area contributed by atoms with Crippen molar-refractivity contribution in [2.24, 2.45) is 0 Å². The SMILES string of the molecule is O=S(O)O.O=S(O)O.[H-].[H-].[K+].[Na+]. The van der Waals surface area contributed by atoms with Gasteiger partial charge in [-0.15, -0.1) is 0 Å². The molecule has 4 N–H and O–H groups in total. The van der Waals surface area contributed by atoms with Gasteiger partial charge in [-0.3, -0.25) is 18.2 Å². The molecule has 0 aliphatic carbocycles. The largest absolute Gasteiger partial charge is 1.00 e. The second-order valence-electron chi connectivity index (χ2n) is 0.461. The molecule has 0 rings (SSSR count). The molecule has 0 saturated carbocycles. The van der Waals surface area contributed by atoms with Crippen LogP contribution < -0.4 is 80.9 Å². The van der Waals surface area contributed by atoms with E-state index < -0.39 is 22.7 Å². The van der Waals surface area contributed by atoms with Crippen LogP contribution in [0.1, 0.15) is 2.85 Å². The molecular weight excluding hydrogens is 222 g/mol. The Kier molecular flexibility index (Phi) is 40.8. The van der Waals surface area contributed by atoms with Crippen molar-refractivity contribution in [3.8, 4) is 0 Å². The smallest absolute Gasteiger partial charge is 1.00 e. The van der Waals surface area contributed by atoms with Gasteiger partial charge in [0.1, 0.15) is 0 Å². The van der Waals surface area contributed by atoms with E-state index in [0.717, 1.165) is 0 Å². The van der Waals surface area contributed by atoms with Gasteiger partial charge in [-0.25, -0.2) is 0 Å². The summed E-state index contributed by atoms with van der Waals surface area (Å²) in [6.07, 6.45) is 0. The molecule has 6 nitrogen and oxygen atoms in total. The summed E-state index contributed by atoms with van der Waals surface area (Å²) < 4.78 is 45.7. The molecule has 10 heavy (non-hydrogen) atoms. The van der Waals surface area contributed by atoms with Gasteiger partial charge in [-0.05, 0) is 0 Å². The second-order valence-corrected chi connectivity index (χ2v) is 1.38.